The number of guanidine groups is 1. The Balaban J connectivity index is 0.00000242. The van der Waals surface area contributed by atoms with E-state index >= 15 is 0 Å². The number of rotatable bonds is 7. The Morgan fingerprint density at radius 3 is 2.50 bits per heavy atom. The molecule has 0 aromatic rings. The maximum atomic E-state index is 5.44. The molecule has 0 bridgehead atoms. The van der Waals surface area contributed by atoms with Crippen molar-refractivity contribution >= 4 is 29.9 Å². The zero-order valence-electron chi connectivity index (χ0n) is 14.4. The van der Waals surface area contributed by atoms with Crippen molar-refractivity contribution in [3.63, 3.8) is 0 Å². The minimum Gasteiger partial charge on any atom is -0.379 e. The van der Waals surface area contributed by atoms with Crippen molar-refractivity contribution in [2.24, 2.45) is 10.9 Å². The van der Waals surface area contributed by atoms with Gasteiger partial charge in [-0.3, -0.25) is 9.89 Å². The molecule has 0 amide bonds. The quantitative estimate of drug-likeness (QED) is 0.373. The van der Waals surface area contributed by atoms with Crippen LogP contribution in [0.25, 0.3) is 0 Å². The number of hydrogen-bond donors (Lipinski definition) is 2. The lowest BCUT2D eigenvalue weighted by Crippen LogP contribution is -2.52. The third-order valence-electron chi connectivity index (χ3n) is 4.38. The SMILES string of the molecule is CCNC(=NCC(C)(C)N1CCOCC1)NCCC1CC1.I. The van der Waals surface area contributed by atoms with Gasteiger partial charge in [-0.2, -0.15) is 0 Å². The molecule has 0 aromatic carbocycles. The lowest BCUT2D eigenvalue weighted by Gasteiger charge is -2.39. The molecule has 0 radical (unpaired) electrons. The number of hydrogen-bond acceptors (Lipinski definition) is 3. The van der Waals surface area contributed by atoms with E-state index in [1.807, 2.05) is 0 Å². The summed E-state index contributed by atoms with van der Waals surface area (Å²) in [4.78, 5) is 7.27. The fourth-order valence-electron chi connectivity index (χ4n) is 2.68. The van der Waals surface area contributed by atoms with Gasteiger partial charge >= 0.3 is 0 Å². The lowest BCUT2D eigenvalue weighted by atomic mass is 10.0. The van der Waals surface area contributed by atoms with Gasteiger partial charge in [0.25, 0.3) is 0 Å². The number of nitrogens with zero attached hydrogens (tertiary/aromatic N) is 2. The Labute approximate surface area is 152 Å². The van der Waals surface area contributed by atoms with Crippen molar-refractivity contribution in [2.45, 2.75) is 45.6 Å². The van der Waals surface area contributed by atoms with Crippen LogP contribution in [0.3, 0.4) is 0 Å². The zero-order chi connectivity index (χ0) is 15.1. The molecule has 22 heavy (non-hydrogen) atoms. The van der Waals surface area contributed by atoms with E-state index < -0.39 is 0 Å². The van der Waals surface area contributed by atoms with Crippen LogP contribution in [0.4, 0.5) is 0 Å². The molecule has 5 nitrogen and oxygen atoms in total. The van der Waals surface area contributed by atoms with Gasteiger partial charge in [0.1, 0.15) is 0 Å². The van der Waals surface area contributed by atoms with Crippen LogP contribution < -0.4 is 10.6 Å². The van der Waals surface area contributed by atoms with Gasteiger partial charge in [-0.25, -0.2) is 0 Å². The molecule has 1 heterocycles. The Morgan fingerprint density at radius 1 is 1.23 bits per heavy atom. The highest BCUT2D eigenvalue weighted by atomic mass is 127. The molecule has 130 valence electrons. The van der Waals surface area contributed by atoms with Crippen LogP contribution in [0.15, 0.2) is 4.99 Å². The van der Waals surface area contributed by atoms with Crippen LogP contribution in [-0.4, -0.2) is 62.3 Å². The summed E-state index contributed by atoms with van der Waals surface area (Å²) in [5, 5.41) is 6.81. The van der Waals surface area contributed by atoms with E-state index in [2.05, 4.69) is 36.3 Å². The molecule has 2 aliphatic rings. The van der Waals surface area contributed by atoms with Crippen LogP contribution in [0.1, 0.15) is 40.0 Å². The maximum Gasteiger partial charge on any atom is 0.191 e. The number of morpholine rings is 1. The van der Waals surface area contributed by atoms with Gasteiger partial charge in [-0.15, -0.1) is 24.0 Å². The van der Waals surface area contributed by atoms with E-state index in [1.165, 1.54) is 19.3 Å². The van der Waals surface area contributed by atoms with Gasteiger partial charge in [0.15, 0.2) is 5.96 Å². The van der Waals surface area contributed by atoms with Crippen molar-refractivity contribution in [1.82, 2.24) is 15.5 Å². The third kappa shape index (κ3) is 7.00. The maximum absolute atomic E-state index is 5.44. The summed E-state index contributed by atoms with van der Waals surface area (Å²) in [6.45, 7) is 13.1. The first-order chi connectivity index (χ1) is 10.1. The Kier molecular flexibility index (Phi) is 9.01. The summed E-state index contributed by atoms with van der Waals surface area (Å²) in [6.07, 6.45) is 4.11. The highest BCUT2D eigenvalue weighted by Crippen LogP contribution is 2.31. The molecule has 6 heteroatoms. The standard InChI is InChI=1S/C16H32N4O.HI/c1-4-17-15(18-8-7-14-5-6-14)19-13-16(2,3)20-9-11-21-12-10-20;/h14H,4-13H2,1-3H3,(H2,17,18,19);1H. The van der Waals surface area contributed by atoms with Gasteiger partial charge in [0.2, 0.25) is 0 Å². The molecule has 1 aliphatic heterocycles. The fraction of sp³-hybridized carbons (Fsp3) is 0.938. The molecular formula is C16H33IN4O. The molecule has 0 atom stereocenters. The van der Waals surface area contributed by atoms with Gasteiger partial charge in [-0.1, -0.05) is 12.8 Å². The van der Waals surface area contributed by atoms with E-state index in [0.29, 0.717) is 0 Å². The van der Waals surface area contributed by atoms with E-state index in [9.17, 15) is 0 Å². The van der Waals surface area contributed by atoms with E-state index in [0.717, 1.165) is 57.8 Å². The summed E-state index contributed by atoms with van der Waals surface area (Å²) in [5.41, 5.74) is 0.0859. The number of nitrogens with one attached hydrogen (secondary N) is 2. The molecule has 2 fully saturated rings. The zero-order valence-corrected chi connectivity index (χ0v) is 16.7. The Bertz CT molecular complexity index is 339. The average molecular weight is 424 g/mol. The second kappa shape index (κ2) is 9.93. The van der Waals surface area contributed by atoms with E-state index in [1.54, 1.807) is 0 Å². The van der Waals surface area contributed by atoms with Crippen molar-refractivity contribution in [3.8, 4) is 0 Å². The summed E-state index contributed by atoms with van der Waals surface area (Å²) >= 11 is 0. The van der Waals surface area contributed by atoms with Gasteiger partial charge in [0.05, 0.1) is 19.8 Å². The first-order valence-corrected chi connectivity index (χ1v) is 8.47. The third-order valence-corrected chi connectivity index (χ3v) is 4.38. The second-order valence-corrected chi connectivity index (χ2v) is 6.77. The van der Waals surface area contributed by atoms with Crippen molar-refractivity contribution in [1.29, 1.82) is 0 Å². The first kappa shape index (κ1) is 20.0. The first-order valence-electron chi connectivity index (χ1n) is 8.47. The molecule has 0 aromatic heterocycles. The van der Waals surface area contributed by atoms with Crippen LogP contribution in [0.5, 0.6) is 0 Å². The van der Waals surface area contributed by atoms with Crippen LogP contribution in [0.2, 0.25) is 0 Å². The minimum absolute atomic E-state index is 0. The van der Waals surface area contributed by atoms with Crippen LogP contribution >= 0.6 is 24.0 Å². The minimum atomic E-state index is 0. The van der Waals surface area contributed by atoms with Crippen molar-refractivity contribution < 1.29 is 4.74 Å². The van der Waals surface area contributed by atoms with Gasteiger partial charge in [-0.05, 0) is 33.1 Å². The number of aliphatic imine (C=N–C) groups is 1. The Hall–Kier alpha value is -0.0800. The molecule has 0 unspecified atom stereocenters. The smallest absolute Gasteiger partial charge is 0.191 e. The normalized spacial score (nSPS) is 20.4. The summed E-state index contributed by atoms with van der Waals surface area (Å²) < 4.78 is 5.44. The van der Waals surface area contributed by atoms with Gasteiger partial charge < -0.3 is 15.4 Å². The highest BCUT2D eigenvalue weighted by Gasteiger charge is 2.28. The summed E-state index contributed by atoms with van der Waals surface area (Å²) in [5.74, 6) is 1.92. The van der Waals surface area contributed by atoms with E-state index in [-0.39, 0.29) is 29.5 Å². The van der Waals surface area contributed by atoms with Crippen LogP contribution in [0, 0.1) is 5.92 Å². The Morgan fingerprint density at radius 2 is 1.91 bits per heavy atom. The number of halogens is 1. The second-order valence-electron chi connectivity index (χ2n) is 6.77. The molecule has 1 saturated heterocycles. The fourth-order valence-corrected chi connectivity index (χ4v) is 2.68. The summed E-state index contributed by atoms with van der Waals surface area (Å²) in [7, 11) is 0. The molecule has 2 N–H and O–H groups in total. The molecule has 1 aliphatic carbocycles. The van der Waals surface area contributed by atoms with Crippen molar-refractivity contribution in [2.75, 3.05) is 45.9 Å². The largest absolute Gasteiger partial charge is 0.379 e. The van der Waals surface area contributed by atoms with Crippen LogP contribution in [-0.2, 0) is 4.74 Å². The predicted molar refractivity (Wildman–Crippen MR) is 103 cm³/mol. The highest BCUT2D eigenvalue weighted by molar-refractivity contribution is 14.0. The molecule has 1 saturated carbocycles. The topological polar surface area (TPSA) is 48.9 Å². The lowest BCUT2D eigenvalue weighted by molar-refractivity contribution is -0.00683. The summed E-state index contributed by atoms with van der Waals surface area (Å²) in [6, 6.07) is 0. The molecular weight excluding hydrogens is 391 g/mol. The van der Waals surface area contributed by atoms with E-state index in [4.69, 9.17) is 9.73 Å². The molecule has 2 rings (SSSR count). The van der Waals surface area contributed by atoms with Gasteiger partial charge in [0, 0.05) is 31.7 Å². The monoisotopic (exact) mass is 424 g/mol. The van der Waals surface area contributed by atoms with Crippen molar-refractivity contribution in [3.05, 3.63) is 0 Å². The molecule has 0 spiro atoms. The number of ether oxygens (including phenoxy) is 1. The predicted octanol–water partition coefficient (Wildman–Crippen LogP) is 2.07. The average Bonchev–Trinajstić information content (AvgIpc) is 3.30.